The first-order valence-corrected chi connectivity index (χ1v) is 8.88. The first-order valence-electron chi connectivity index (χ1n) is 8.88. The summed E-state index contributed by atoms with van der Waals surface area (Å²) in [6, 6.07) is 10.8. The summed E-state index contributed by atoms with van der Waals surface area (Å²) in [5, 5.41) is 10.7. The summed E-state index contributed by atoms with van der Waals surface area (Å²) in [4.78, 5) is 26.3. The Balaban J connectivity index is 1.54. The van der Waals surface area contributed by atoms with Gasteiger partial charge >= 0.3 is 6.18 Å². The monoisotopic (exact) mass is 405 g/mol. The minimum atomic E-state index is -4.39. The van der Waals surface area contributed by atoms with Crippen molar-refractivity contribution in [2.45, 2.75) is 6.18 Å². The zero-order chi connectivity index (χ0) is 21.0. The third-order valence-electron chi connectivity index (χ3n) is 4.67. The van der Waals surface area contributed by atoms with Crippen molar-refractivity contribution < 1.29 is 22.9 Å². The Morgan fingerprint density at radius 3 is 2.07 bits per heavy atom. The Morgan fingerprint density at radius 1 is 0.966 bits per heavy atom. The van der Waals surface area contributed by atoms with Crippen molar-refractivity contribution in [1.29, 1.82) is 0 Å². The molecule has 0 atom stereocenters. The third-order valence-corrected chi connectivity index (χ3v) is 4.67. The molecule has 152 valence electrons. The Labute approximate surface area is 165 Å². The second-order valence-corrected chi connectivity index (χ2v) is 6.54. The molecule has 0 aliphatic carbocycles. The van der Waals surface area contributed by atoms with Gasteiger partial charge in [0.1, 0.15) is 0 Å². The average Bonchev–Trinajstić information content (AvgIpc) is 2.72. The van der Waals surface area contributed by atoms with E-state index in [1.165, 1.54) is 36.4 Å². The van der Waals surface area contributed by atoms with Crippen molar-refractivity contribution in [3.8, 4) is 0 Å². The average molecular weight is 405 g/mol. The standard InChI is InChI=1S/C20H18F3N3O3/c21-20(22,23)16-4-1-15(2-5-16)3-10-19(27)25-13-11-24(12-14-25)17-6-8-18(9-7-17)26(28)29/h1-10H,11-14H2. The van der Waals surface area contributed by atoms with Crippen LogP contribution in [0.3, 0.4) is 0 Å². The van der Waals surface area contributed by atoms with Crippen molar-refractivity contribution in [3.63, 3.8) is 0 Å². The third kappa shape index (κ3) is 5.13. The van der Waals surface area contributed by atoms with Gasteiger partial charge in [0.05, 0.1) is 10.5 Å². The lowest BCUT2D eigenvalue weighted by atomic mass is 10.1. The molecule has 3 rings (SSSR count). The van der Waals surface area contributed by atoms with Gasteiger partial charge in [-0.05, 0) is 35.9 Å². The van der Waals surface area contributed by atoms with E-state index in [4.69, 9.17) is 0 Å². The van der Waals surface area contributed by atoms with Gasteiger partial charge in [-0.25, -0.2) is 0 Å². The van der Waals surface area contributed by atoms with Crippen LogP contribution in [-0.2, 0) is 11.0 Å². The Bertz CT molecular complexity index is 901. The number of amides is 1. The van der Waals surface area contributed by atoms with Crippen molar-refractivity contribution in [1.82, 2.24) is 4.90 Å². The summed E-state index contributed by atoms with van der Waals surface area (Å²) in [5.74, 6) is -0.215. The van der Waals surface area contributed by atoms with E-state index in [2.05, 4.69) is 0 Å². The number of halogens is 3. The molecule has 1 saturated heterocycles. The largest absolute Gasteiger partial charge is 0.416 e. The lowest BCUT2D eigenvalue weighted by molar-refractivity contribution is -0.384. The highest BCUT2D eigenvalue weighted by atomic mass is 19.4. The maximum Gasteiger partial charge on any atom is 0.416 e. The van der Waals surface area contributed by atoms with Crippen molar-refractivity contribution in [2.75, 3.05) is 31.1 Å². The fraction of sp³-hybridized carbons (Fsp3) is 0.250. The molecule has 6 nitrogen and oxygen atoms in total. The number of carbonyl (C=O) groups excluding carboxylic acids is 1. The molecule has 0 radical (unpaired) electrons. The lowest BCUT2D eigenvalue weighted by Crippen LogP contribution is -2.48. The topological polar surface area (TPSA) is 66.7 Å². The number of hydrogen-bond donors (Lipinski definition) is 0. The van der Waals surface area contributed by atoms with Gasteiger partial charge in [0.25, 0.3) is 5.69 Å². The molecule has 29 heavy (non-hydrogen) atoms. The van der Waals surface area contributed by atoms with Crippen LogP contribution in [0.4, 0.5) is 24.5 Å². The van der Waals surface area contributed by atoms with Crippen LogP contribution >= 0.6 is 0 Å². The molecule has 1 fully saturated rings. The van der Waals surface area contributed by atoms with Gasteiger partial charge in [0.15, 0.2) is 0 Å². The maximum absolute atomic E-state index is 12.6. The predicted octanol–water partition coefficient (Wildman–Crippen LogP) is 3.98. The van der Waals surface area contributed by atoms with E-state index in [-0.39, 0.29) is 11.6 Å². The van der Waals surface area contributed by atoms with Crippen molar-refractivity contribution in [2.24, 2.45) is 0 Å². The number of nitrogens with zero attached hydrogens (tertiary/aromatic N) is 3. The van der Waals surface area contributed by atoms with Crippen LogP contribution in [0.25, 0.3) is 6.08 Å². The van der Waals surface area contributed by atoms with Gasteiger partial charge in [-0.1, -0.05) is 12.1 Å². The van der Waals surface area contributed by atoms with E-state index in [1.807, 2.05) is 4.90 Å². The molecule has 1 aliphatic rings. The van der Waals surface area contributed by atoms with E-state index >= 15 is 0 Å². The fourth-order valence-electron chi connectivity index (χ4n) is 3.03. The summed E-state index contributed by atoms with van der Waals surface area (Å²) in [7, 11) is 0. The van der Waals surface area contributed by atoms with E-state index in [0.717, 1.165) is 17.8 Å². The highest BCUT2D eigenvalue weighted by molar-refractivity contribution is 5.92. The normalized spacial score (nSPS) is 15.0. The quantitative estimate of drug-likeness (QED) is 0.439. The van der Waals surface area contributed by atoms with Crippen LogP contribution in [0.1, 0.15) is 11.1 Å². The molecule has 0 spiro atoms. The molecule has 1 heterocycles. The van der Waals surface area contributed by atoms with Crippen LogP contribution in [0, 0.1) is 10.1 Å². The Hall–Kier alpha value is -3.36. The molecular weight excluding hydrogens is 387 g/mol. The molecule has 2 aromatic carbocycles. The smallest absolute Gasteiger partial charge is 0.368 e. The molecule has 1 aliphatic heterocycles. The number of non-ortho nitro benzene ring substituents is 1. The number of carbonyl (C=O) groups is 1. The summed E-state index contributed by atoms with van der Waals surface area (Å²) in [5.41, 5.74) is 0.651. The first kappa shape index (κ1) is 20.4. The molecular formula is C20H18F3N3O3. The first-order chi connectivity index (χ1) is 13.7. The Morgan fingerprint density at radius 2 is 1.55 bits per heavy atom. The molecule has 0 aromatic heterocycles. The van der Waals surface area contributed by atoms with Crippen LogP contribution in [0.15, 0.2) is 54.6 Å². The summed E-state index contributed by atoms with van der Waals surface area (Å²) >= 11 is 0. The van der Waals surface area contributed by atoms with E-state index in [1.54, 1.807) is 17.0 Å². The fourth-order valence-corrected chi connectivity index (χ4v) is 3.03. The summed E-state index contributed by atoms with van der Waals surface area (Å²) in [6.45, 7) is 2.12. The molecule has 2 aromatic rings. The van der Waals surface area contributed by atoms with Crippen molar-refractivity contribution >= 4 is 23.4 Å². The van der Waals surface area contributed by atoms with Gasteiger partial charge in [0, 0.05) is 50.1 Å². The molecule has 0 saturated carbocycles. The molecule has 0 bridgehead atoms. The second kappa shape index (κ2) is 8.34. The van der Waals surface area contributed by atoms with E-state index in [0.29, 0.717) is 31.7 Å². The van der Waals surface area contributed by atoms with Gasteiger partial charge in [-0.15, -0.1) is 0 Å². The number of rotatable bonds is 4. The minimum absolute atomic E-state index is 0.0240. The highest BCUT2D eigenvalue weighted by Crippen LogP contribution is 2.29. The number of nitro benzene ring substituents is 1. The number of alkyl halides is 3. The highest BCUT2D eigenvalue weighted by Gasteiger charge is 2.29. The summed E-state index contributed by atoms with van der Waals surface area (Å²) in [6.07, 6.45) is -1.54. The molecule has 0 N–H and O–H groups in total. The van der Waals surface area contributed by atoms with E-state index in [9.17, 15) is 28.1 Å². The van der Waals surface area contributed by atoms with Crippen LogP contribution in [0.5, 0.6) is 0 Å². The number of nitro groups is 1. The number of hydrogen-bond acceptors (Lipinski definition) is 4. The molecule has 1 amide bonds. The summed E-state index contributed by atoms with van der Waals surface area (Å²) < 4.78 is 37.7. The SMILES string of the molecule is O=C(C=Cc1ccc(C(F)(F)F)cc1)N1CCN(c2ccc([N+](=O)[O-])cc2)CC1. The maximum atomic E-state index is 12.6. The number of piperazine rings is 1. The van der Waals surface area contributed by atoms with Crippen LogP contribution in [0.2, 0.25) is 0 Å². The predicted molar refractivity (Wildman–Crippen MR) is 102 cm³/mol. The zero-order valence-electron chi connectivity index (χ0n) is 15.3. The zero-order valence-corrected chi connectivity index (χ0v) is 15.3. The van der Waals surface area contributed by atoms with Gasteiger partial charge in [0.2, 0.25) is 5.91 Å². The van der Waals surface area contributed by atoms with E-state index < -0.39 is 16.7 Å². The minimum Gasteiger partial charge on any atom is -0.368 e. The lowest BCUT2D eigenvalue weighted by Gasteiger charge is -2.35. The number of anilines is 1. The van der Waals surface area contributed by atoms with Gasteiger partial charge < -0.3 is 9.80 Å². The van der Waals surface area contributed by atoms with Crippen LogP contribution < -0.4 is 4.90 Å². The van der Waals surface area contributed by atoms with Crippen LogP contribution in [-0.4, -0.2) is 41.9 Å². The van der Waals surface area contributed by atoms with Gasteiger partial charge in [-0.3, -0.25) is 14.9 Å². The van der Waals surface area contributed by atoms with Gasteiger partial charge in [-0.2, -0.15) is 13.2 Å². The second-order valence-electron chi connectivity index (χ2n) is 6.54. The molecule has 0 unspecified atom stereocenters. The number of benzene rings is 2. The van der Waals surface area contributed by atoms with Crippen molar-refractivity contribution in [3.05, 3.63) is 75.8 Å². The molecule has 9 heteroatoms. The Kier molecular flexibility index (Phi) is 5.86.